The molecule has 6 heteroatoms. The van der Waals surface area contributed by atoms with E-state index in [0.29, 0.717) is 0 Å². The lowest BCUT2D eigenvalue weighted by atomic mass is 10.2. The van der Waals surface area contributed by atoms with Crippen molar-refractivity contribution in [3.8, 4) is 0 Å². The Balaban J connectivity index is 2.78. The lowest BCUT2D eigenvalue weighted by molar-refractivity contribution is -0.133. The number of carbonyl (C=O) groups excluding carboxylic acids is 1. The molecule has 17 heavy (non-hydrogen) atoms. The summed E-state index contributed by atoms with van der Waals surface area (Å²) in [5, 5.41) is 8.82. The quantitative estimate of drug-likeness (QED) is 0.677. The van der Waals surface area contributed by atoms with Gasteiger partial charge in [0.05, 0.1) is 21.2 Å². The number of carbonyl (C=O) groups is 2. The third-order valence-corrected chi connectivity index (χ3v) is 2.48. The molecule has 0 atom stereocenters. The summed E-state index contributed by atoms with van der Waals surface area (Å²) in [7, 11) is 0. The van der Waals surface area contributed by atoms with Gasteiger partial charge in [-0.1, -0.05) is 35.8 Å². The Hall–Kier alpha value is -1.52. The minimum absolute atomic E-state index is 0.00835. The highest BCUT2D eigenvalue weighted by molar-refractivity contribution is 6.39. The lowest BCUT2D eigenvalue weighted by Gasteiger charge is -2.07. The van der Waals surface area contributed by atoms with Crippen LogP contribution in [0.4, 0.5) is 0 Å². The van der Waals surface area contributed by atoms with Crippen LogP contribution in [0.2, 0.25) is 10.0 Å². The Labute approximate surface area is 107 Å². The molecule has 1 rings (SSSR count). The van der Waals surface area contributed by atoms with Crippen LogP contribution in [0.3, 0.4) is 0 Å². The Bertz CT molecular complexity index is 462. The molecule has 0 unspecified atom stereocenters. The molecule has 0 spiro atoms. The molecule has 0 fully saturated rings. The summed E-state index contributed by atoms with van der Waals surface area (Å²) in [5.74, 6) is -2.02. The molecule has 0 saturated heterocycles. The highest BCUT2D eigenvalue weighted by Crippen LogP contribution is 2.24. The molecule has 0 bridgehead atoms. The number of halogens is 2. The molecule has 0 aliphatic rings. The van der Waals surface area contributed by atoms with Gasteiger partial charge in [0.1, 0.15) is 6.61 Å². The van der Waals surface area contributed by atoms with Crippen molar-refractivity contribution < 1.29 is 19.4 Å². The maximum absolute atomic E-state index is 11.6. The van der Waals surface area contributed by atoms with Crippen molar-refractivity contribution in [2.24, 2.45) is 0 Å². The highest BCUT2D eigenvalue weighted by Gasteiger charge is 2.17. The summed E-state index contributed by atoms with van der Waals surface area (Å²) in [6.07, 6.45) is 0. The number of aliphatic carboxylic acids is 1. The maximum atomic E-state index is 11.6. The van der Waals surface area contributed by atoms with E-state index >= 15 is 0 Å². The molecule has 0 aromatic heterocycles. The summed E-state index contributed by atoms with van der Waals surface area (Å²) in [5.41, 5.74) is -0.226. The van der Waals surface area contributed by atoms with E-state index in [1.165, 1.54) is 12.1 Å². The standard InChI is InChI=1S/C11H8Cl2O4/c1-6(10(14)15)5-17-11(16)9-7(12)3-2-4-8(9)13/h2-4H,1,5H2,(H,14,15). The van der Waals surface area contributed by atoms with E-state index in [4.69, 9.17) is 33.0 Å². The number of hydrogen-bond acceptors (Lipinski definition) is 3. The molecule has 0 saturated carbocycles. The first-order valence-corrected chi connectivity index (χ1v) is 5.21. The van der Waals surface area contributed by atoms with Crippen molar-refractivity contribution in [1.82, 2.24) is 0 Å². The van der Waals surface area contributed by atoms with E-state index in [1.807, 2.05) is 0 Å². The summed E-state index contributed by atoms with van der Waals surface area (Å²) >= 11 is 11.6. The molecule has 0 aliphatic heterocycles. The summed E-state index contributed by atoms with van der Waals surface area (Å²) in [4.78, 5) is 22.0. The van der Waals surface area contributed by atoms with Gasteiger partial charge in [-0.25, -0.2) is 9.59 Å². The first-order valence-electron chi connectivity index (χ1n) is 4.45. The number of ether oxygens (including phenoxy) is 1. The minimum atomic E-state index is -1.23. The molecule has 0 aliphatic carbocycles. The van der Waals surface area contributed by atoms with Crippen LogP contribution in [0, 0.1) is 0 Å². The average Bonchev–Trinajstić information content (AvgIpc) is 2.25. The number of hydrogen-bond donors (Lipinski definition) is 1. The molecular formula is C11H8Cl2O4. The normalized spacial score (nSPS) is 9.76. The Morgan fingerprint density at radius 2 is 1.82 bits per heavy atom. The molecule has 0 heterocycles. The lowest BCUT2D eigenvalue weighted by Crippen LogP contribution is -2.12. The smallest absolute Gasteiger partial charge is 0.341 e. The highest BCUT2D eigenvalue weighted by atomic mass is 35.5. The van der Waals surface area contributed by atoms with Gasteiger partial charge in [-0.15, -0.1) is 0 Å². The molecule has 0 radical (unpaired) electrons. The van der Waals surface area contributed by atoms with Crippen molar-refractivity contribution >= 4 is 35.1 Å². The zero-order chi connectivity index (χ0) is 13.0. The van der Waals surface area contributed by atoms with Crippen molar-refractivity contribution in [3.63, 3.8) is 0 Å². The van der Waals surface area contributed by atoms with Gasteiger partial charge in [0.2, 0.25) is 0 Å². The van der Waals surface area contributed by atoms with E-state index in [0.717, 1.165) is 0 Å². The number of carboxylic acid groups (broad SMARTS) is 1. The Morgan fingerprint density at radius 1 is 1.29 bits per heavy atom. The third kappa shape index (κ3) is 3.47. The molecule has 90 valence electrons. The molecule has 1 aromatic rings. The van der Waals surface area contributed by atoms with Gasteiger partial charge < -0.3 is 9.84 Å². The average molecular weight is 275 g/mol. The van der Waals surface area contributed by atoms with Crippen molar-refractivity contribution in [3.05, 3.63) is 46.0 Å². The van der Waals surface area contributed by atoms with E-state index in [2.05, 4.69) is 6.58 Å². The fourth-order valence-corrected chi connectivity index (χ4v) is 1.53. The van der Waals surface area contributed by atoms with Gasteiger partial charge in [0.15, 0.2) is 0 Å². The first kappa shape index (κ1) is 13.5. The molecule has 0 amide bonds. The summed E-state index contributed by atoms with van der Waals surface area (Å²) in [6, 6.07) is 4.55. The minimum Gasteiger partial charge on any atom is -0.478 e. The van der Waals surface area contributed by atoms with Gasteiger partial charge in [-0.2, -0.15) is 0 Å². The van der Waals surface area contributed by atoms with Crippen molar-refractivity contribution in [1.29, 1.82) is 0 Å². The Morgan fingerprint density at radius 3 is 2.29 bits per heavy atom. The monoisotopic (exact) mass is 274 g/mol. The van der Waals surface area contributed by atoms with Gasteiger partial charge in [-0.3, -0.25) is 0 Å². The largest absolute Gasteiger partial charge is 0.478 e. The molecule has 1 aromatic carbocycles. The zero-order valence-electron chi connectivity index (χ0n) is 8.57. The van der Waals surface area contributed by atoms with E-state index < -0.39 is 18.5 Å². The van der Waals surface area contributed by atoms with Gasteiger partial charge in [0.25, 0.3) is 0 Å². The predicted molar refractivity (Wildman–Crippen MR) is 63.5 cm³/mol. The van der Waals surface area contributed by atoms with Crippen molar-refractivity contribution in [2.45, 2.75) is 0 Å². The maximum Gasteiger partial charge on any atom is 0.341 e. The number of esters is 1. The second-order valence-electron chi connectivity index (χ2n) is 3.08. The van der Waals surface area contributed by atoms with Crippen LogP contribution in [-0.2, 0) is 9.53 Å². The predicted octanol–water partition coefficient (Wildman–Crippen LogP) is 2.79. The molecular weight excluding hydrogens is 267 g/mol. The number of rotatable bonds is 4. The van der Waals surface area contributed by atoms with Gasteiger partial charge in [0, 0.05) is 0 Å². The number of benzene rings is 1. The van der Waals surface area contributed by atoms with Gasteiger partial charge >= 0.3 is 11.9 Å². The second kappa shape index (κ2) is 5.70. The van der Waals surface area contributed by atoms with Crippen LogP contribution >= 0.6 is 23.2 Å². The molecule has 1 N–H and O–H groups in total. The van der Waals surface area contributed by atoms with E-state index in [-0.39, 0.29) is 21.2 Å². The fourth-order valence-electron chi connectivity index (χ4n) is 0.979. The van der Waals surface area contributed by atoms with Crippen LogP contribution in [0.25, 0.3) is 0 Å². The number of carboxylic acids is 1. The fraction of sp³-hybridized carbons (Fsp3) is 0.0909. The Kier molecular flexibility index (Phi) is 4.54. The molecule has 4 nitrogen and oxygen atoms in total. The zero-order valence-corrected chi connectivity index (χ0v) is 10.1. The van der Waals surface area contributed by atoms with Crippen LogP contribution in [0.15, 0.2) is 30.4 Å². The van der Waals surface area contributed by atoms with E-state index in [9.17, 15) is 9.59 Å². The summed E-state index contributed by atoms with van der Waals surface area (Å²) in [6.45, 7) is 2.80. The van der Waals surface area contributed by atoms with E-state index in [1.54, 1.807) is 6.07 Å². The van der Waals surface area contributed by atoms with Crippen LogP contribution in [0.1, 0.15) is 10.4 Å². The topological polar surface area (TPSA) is 63.6 Å². The summed E-state index contributed by atoms with van der Waals surface area (Å²) < 4.78 is 4.72. The van der Waals surface area contributed by atoms with Crippen LogP contribution < -0.4 is 0 Å². The van der Waals surface area contributed by atoms with Crippen molar-refractivity contribution in [2.75, 3.05) is 6.61 Å². The second-order valence-corrected chi connectivity index (χ2v) is 3.90. The SMILES string of the molecule is C=C(COC(=O)c1c(Cl)cccc1Cl)C(=O)O. The van der Waals surface area contributed by atoms with Crippen LogP contribution in [0.5, 0.6) is 0 Å². The van der Waals surface area contributed by atoms with Crippen LogP contribution in [-0.4, -0.2) is 23.7 Å². The third-order valence-electron chi connectivity index (χ3n) is 1.85. The van der Waals surface area contributed by atoms with Gasteiger partial charge in [-0.05, 0) is 12.1 Å². The first-order chi connectivity index (χ1) is 7.93.